The van der Waals surface area contributed by atoms with E-state index in [2.05, 4.69) is 25.5 Å². The van der Waals surface area contributed by atoms with Gasteiger partial charge >= 0.3 is 6.18 Å². The summed E-state index contributed by atoms with van der Waals surface area (Å²) >= 11 is 0. The maximum Gasteiger partial charge on any atom is 0.419 e. The number of hydrogen-bond acceptors (Lipinski definition) is 6. The summed E-state index contributed by atoms with van der Waals surface area (Å²) in [6.45, 7) is 4.74. The minimum atomic E-state index is -4.59. The van der Waals surface area contributed by atoms with Crippen LogP contribution in [0.2, 0.25) is 0 Å². The molecule has 2 N–H and O–H groups in total. The monoisotopic (exact) mass is 532 g/mol. The van der Waals surface area contributed by atoms with Crippen molar-refractivity contribution in [2.75, 3.05) is 38.5 Å². The molecule has 2 heterocycles. The number of nitrogens with zero attached hydrogens (tertiary/aromatic N) is 4. The maximum absolute atomic E-state index is 13.8. The number of piperazine rings is 1. The van der Waals surface area contributed by atoms with Crippen LogP contribution in [0.15, 0.2) is 30.5 Å². The number of halogens is 3. The lowest BCUT2D eigenvalue weighted by Crippen LogP contribution is -2.47. The Kier molecular flexibility index (Phi) is 8.86. The molecule has 1 aromatic carbocycles. The first-order valence-corrected chi connectivity index (χ1v) is 13.2. The molecule has 2 aromatic rings. The highest BCUT2D eigenvalue weighted by Crippen LogP contribution is 2.35. The molecule has 1 saturated carbocycles. The lowest BCUT2D eigenvalue weighted by atomic mass is 9.81. The first-order chi connectivity index (χ1) is 18.1. The Morgan fingerprint density at radius 3 is 2.39 bits per heavy atom. The number of amides is 2. The number of alkyl halides is 3. The zero-order chi connectivity index (χ0) is 27.3. The highest BCUT2D eigenvalue weighted by atomic mass is 19.4. The van der Waals surface area contributed by atoms with Gasteiger partial charge in [0.25, 0.3) is 5.91 Å². The van der Waals surface area contributed by atoms with Crippen molar-refractivity contribution in [3.63, 3.8) is 0 Å². The molecule has 0 bridgehead atoms. The van der Waals surface area contributed by atoms with Gasteiger partial charge in [0, 0.05) is 56.1 Å². The lowest BCUT2D eigenvalue weighted by Gasteiger charge is -2.32. The fraction of sp³-hybridized carbons (Fsp3) is 0.556. The Morgan fingerprint density at radius 1 is 1.05 bits per heavy atom. The van der Waals surface area contributed by atoms with Crippen LogP contribution >= 0.6 is 0 Å². The van der Waals surface area contributed by atoms with Crippen LogP contribution in [0.5, 0.6) is 0 Å². The largest absolute Gasteiger partial charge is 0.419 e. The average Bonchev–Trinajstić information content (AvgIpc) is 2.89. The van der Waals surface area contributed by atoms with Crippen LogP contribution in [0.4, 0.5) is 24.8 Å². The zero-order valence-corrected chi connectivity index (χ0v) is 21.9. The molecular formula is C27H35F3N6O2. The molecule has 1 saturated heterocycles. The topological polar surface area (TPSA) is 90.5 Å². The number of aromatic nitrogens is 2. The Bertz CT molecular complexity index is 1120. The van der Waals surface area contributed by atoms with Gasteiger partial charge in [0.15, 0.2) is 0 Å². The van der Waals surface area contributed by atoms with Crippen molar-refractivity contribution in [2.24, 2.45) is 5.92 Å². The summed E-state index contributed by atoms with van der Waals surface area (Å²) in [4.78, 5) is 36.9. The summed E-state index contributed by atoms with van der Waals surface area (Å²) in [5.41, 5.74) is 0.171. The van der Waals surface area contributed by atoms with Crippen molar-refractivity contribution in [2.45, 2.75) is 57.7 Å². The standard InChI is InChI=1S/C27H35F3N6O2/c1-3-24(37)33-22-7-5-4-6-19(22)16-23-21(27(28,29)30)17-31-26(34-23)32-20-10-8-18(9-11-20)25(38)36-14-12-35(2)13-15-36/h8-11,17,19,22H,3-7,12-16H2,1-2H3,(H,33,37)(H,31,32,34)/t19-,22-/m0/s1. The van der Waals surface area contributed by atoms with Gasteiger partial charge in [-0.15, -0.1) is 0 Å². The third-order valence-corrected chi connectivity index (χ3v) is 7.38. The molecule has 4 rings (SSSR count). The normalized spacial score (nSPS) is 20.7. The number of benzene rings is 1. The molecule has 0 radical (unpaired) electrons. The van der Waals surface area contributed by atoms with E-state index in [1.54, 1.807) is 31.2 Å². The summed E-state index contributed by atoms with van der Waals surface area (Å²) in [6.07, 6.45) is -0.0401. The molecule has 2 aliphatic rings. The quantitative estimate of drug-likeness (QED) is 0.554. The number of hydrogen-bond donors (Lipinski definition) is 2. The van der Waals surface area contributed by atoms with Crippen LogP contribution in [-0.2, 0) is 17.4 Å². The molecule has 0 spiro atoms. The molecule has 38 heavy (non-hydrogen) atoms. The van der Waals surface area contributed by atoms with Gasteiger partial charge in [-0.05, 0) is 56.5 Å². The minimum Gasteiger partial charge on any atom is -0.353 e. The van der Waals surface area contributed by atoms with Gasteiger partial charge < -0.3 is 20.4 Å². The lowest BCUT2D eigenvalue weighted by molar-refractivity contribution is -0.139. The molecule has 2 amide bonds. The van der Waals surface area contributed by atoms with Gasteiger partial charge in [0.05, 0.1) is 11.3 Å². The van der Waals surface area contributed by atoms with E-state index >= 15 is 0 Å². The van der Waals surface area contributed by atoms with E-state index in [4.69, 9.17) is 0 Å². The molecule has 11 heteroatoms. The van der Waals surface area contributed by atoms with Crippen molar-refractivity contribution >= 4 is 23.5 Å². The van der Waals surface area contributed by atoms with E-state index in [9.17, 15) is 22.8 Å². The molecule has 2 atom stereocenters. The van der Waals surface area contributed by atoms with Gasteiger partial charge in [-0.2, -0.15) is 13.2 Å². The number of carbonyl (C=O) groups excluding carboxylic acids is 2. The molecular weight excluding hydrogens is 497 g/mol. The van der Waals surface area contributed by atoms with E-state index in [0.717, 1.165) is 45.0 Å². The number of likely N-dealkylation sites (N-methyl/N-ethyl adjacent to an activating group) is 1. The van der Waals surface area contributed by atoms with Crippen LogP contribution in [0.25, 0.3) is 0 Å². The Morgan fingerprint density at radius 2 is 1.74 bits per heavy atom. The fourth-order valence-corrected chi connectivity index (χ4v) is 5.09. The van der Waals surface area contributed by atoms with Crippen LogP contribution in [0.3, 0.4) is 0 Å². The predicted molar refractivity (Wildman–Crippen MR) is 138 cm³/mol. The molecule has 8 nitrogen and oxygen atoms in total. The number of carbonyl (C=O) groups is 2. The summed E-state index contributed by atoms with van der Waals surface area (Å²) < 4.78 is 41.4. The minimum absolute atomic E-state index is 0.0464. The Balaban J connectivity index is 1.49. The summed E-state index contributed by atoms with van der Waals surface area (Å²) in [5.74, 6) is -0.230. The van der Waals surface area contributed by atoms with E-state index < -0.39 is 11.7 Å². The molecule has 1 aliphatic heterocycles. The third kappa shape index (κ3) is 7.00. The van der Waals surface area contributed by atoms with Crippen molar-refractivity contribution in [1.29, 1.82) is 0 Å². The SMILES string of the molecule is CCC(=O)N[C@H]1CCCC[C@H]1Cc1nc(Nc2ccc(C(=O)N3CCN(C)CC3)cc2)ncc1C(F)(F)F. The van der Waals surface area contributed by atoms with Crippen molar-refractivity contribution in [1.82, 2.24) is 25.1 Å². The summed E-state index contributed by atoms with van der Waals surface area (Å²) in [7, 11) is 2.02. The number of nitrogens with one attached hydrogen (secondary N) is 2. The maximum atomic E-state index is 13.8. The van der Waals surface area contributed by atoms with E-state index in [1.165, 1.54) is 0 Å². The third-order valence-electron chi connectivity index (χ3n) is 7.38. The van der Waals surface area contributed by atoms with Crippen LogP contribution < -0.4 is 10.6 Å². The number of rotatable bonds is 7. The number of anilines is 2. The van der Waals surface area contributed by atoms with Crippen molar-refractivity contribution < 1.29 is 22.8 Å². The van der Waals surface area contributed by atoms with Crippen LogP contribution in [-0.4, -0.2) is 70.9 Å². The smallest absolute Gasteiger partial charge is 0.353 e. The zero-order valence-electron chi connectivity index (χ0n) is 21.9. The fourth-order valence-electron chi connectivity index (χ4n) is 5.09. The average molecular weight is 533 g/mol. The van der Waals surface area contributed by atoms with Crippen molar-refractivity contribution in [3.8, 4) is 0 Å². The molecule has 2 fully saturated rings. The second-order valence-corrected chi connectivity index (χ2v) is 10.1. The van der Waals surface area contributed by atoms with Crippen molar-refractivity contribution in [3.05, 3.63) is 47.3 Å². The van der Waals surface area contributed by atoms with Gasteiger partial charge in [-0.3, -0.25) is 9.59 Å². The van der Waals surface area contributed by atoms with E-state index in [-0.39, 0.29) is 41.8 Å². The second kappa shape index (κ2) is 12.1. The molecule has 0 unspecified atom stereocenters. The Labute approximate surface area is 221 Å². The first kappa shape index (κ1) is 27.8. The second-order valence-electron chi connectivity index (χ2n) is 10.1. The molecule has 1 aromatic heterocycles. The van der Waals surface area contributed by atoms with Gasteiger partial charge in [-0.1, -0.05) is 19.8 Å². The predicted octanol–water partition coefficient (Wildman–Crippen LogP) is 4.25. The molecule has 1 aliphatic carbocycles. The highest BCUT2D eigenvalue weighted by molar-refractivity contribution is 5.94. The summed E-state index contributed by atoms with van der Waals surface area (Å²) in [5, 5.41) is 5.95. The van der Waals surface area contributed by atoms with E-state index in [0.29, 0.717) is 30.8 Å². The Hall–Kier alpha value is -3.21. The van der Waals surface area contributed by atoms with Gasteiger partial charge in [0.2, 0.25) is 11.9 Å². The molecule has 206 valence electrons. The van der Waals surface area contributed by atoms with Crippen LogP contribution in [0, 0.1) is 5.92 Å². The van der Waals surface area contributed by atoms with E-state index in [1.807, 2.05) is 11.9 Å². The van der Waals surface area contributed by atoms with Gasteiger partial charge in [-0.25, -0.2) is 9.97 Å². The first-order valence-electron chi connectivity index (χ1n) is 13.2. The van der Waals surface area contributed by atoms with Crippen LogP contribution in [0.1, 0.15) is 60.6 Å². The summed E-state index contributed by atoms with van der Waals surface area (Å²) in [6, 6.07) is 6.60. The van der Waals surface area contributed by atoms with Gasteiger partial charge in [0.1, 0.15) is 0 Å². The highest BCUT2D eigenvalue weighted by Gasteiger charge is 2.37.